The number of unbranched alkanes of at least 4 members (excludes halogenated alkanes) is 2. The van der Waals surface area contributed by atoms with E-state index in [9.17, 15) is 19.2 Å². The van der Waals surface area contributed by atoms with Crippen molar-refractivity contribution in [1.82, 2.24) is 16.0 Å². The van der Waals surface area contributed by atoms with Crippen molar-refractivity contribution in [2.45, 2.75) is 58.5 Å². The average molecular weight is 490 g/mol. The fourth-order valence-electron chi connectivity index (χ4n) is 3.08. The van der Waals surface area contributed by atoms with Crippen molar-refractivity contribution in [3.63, 3.8) is 0 Å². The van der Waals surface area contributed by atoms with E-state index in [1.807, 2.05) is 18.2 Å². The molecule has 0 aromatic heterocycles. The summed E-state index contributed by atoms with van der Waals surface area (Å²) in [5.41, 5.74) is 1.63. The predicted molar refractivity (Wildman–Crippen MR) is 143 cm³/mol. The maximum Gasteiger partial charge on any atom is 0.255 e. The second kappa shape index (κ2) is 16.9. The number of carbonyl (C=O) groups excluding carboxylic acids is 4. The van der Waals surface area contributed by atoms with Crippen LogP contribution in [0.5, 0.6) is 5.75 Å². The Morgan fingerprint density at radius 1 is 1.00 bits per heavy atom. The van der Waals surface area contributed by atoms with E-state index in [0.29, 0.717) is 24.0 Å². The van der Waals surface area contributed by atoms with Crippen LogP contribution in [0.25, 0.3) is 0 Å². The van der Waals surface area contributed by atoms with Crippen molar-refractivity contribution in [3.05, 3.63) is 65.7 Å². The summed E-state index contributed by atoms with van der Waals surface area (Å²) in [6.07, 6.45) is 4.12. The molecule has 8 heteroatoms. The number of hydrogen-bond donors (Lipinski definition) is 3. The van der Waals surface area contributed by atoms with Crippen LogP contribution in [0, 0.1) is 6.92 Å². The lowest BCUT2D eigenvalue weighted by molar-refractivity contribution is -0.129. The minimum atomic E-state index is -0.829. The molecule has 2 aromatic carbocycles. The van der Waals surface area contributed by atoms with E-state index < -0.39 is 29.8 Å². The molecule has 0 fully saturated rings. The molecule has 0 spiro atoms. The number of hydrogen-bond acceptors (Lipinski definition) is 5. The van der Waals surface area contributed by atoms with Crippen molar-refractivity contribution in [2.75, 3.05) is 13.7 Å². The summed E-state index contributed by atoms with van der Waals surface area (Å²) in [4.78, 5) is 47.4. The van der Waals surface area contributed by atoms with E-state index in [2.05, 4.69) is 41.9 Å². The van der Waals surface area contributed by atoms with Crippen molar-refractivity contribution in [2.24, 2.45) is 0 Å². The van der Waals surface area contributed by atoms with E-state index in [1.165, 1.54) is 19.6 Å². The molecule has 3 N–H and O–H groups in total. The molecule has 196 valence electrons. The zero-order valence-electron chi connectivity index (χ0n) is 21.0. The van der Waals surface area contributed by atoms with Gasteiger partial charge in [0.2, 0.25) is 11.8 Å². The van der Waals surface area contributed by atoms with Gasteiger partial charge in [-0.1, -0.05) is 74.2 Å². The Balaban J connectivity index is -0.00000106. The van der Waals surface area contributed by atoms with Crippen LogP contribution in [0.15, 0.2) is 54.6 Å². The highest BCUT2D eigenvalue weighted by Gasteiger charge is 2.19. The number of amides is 3. The van der Waals surface area contributed by atoms with E-state index in [4.69, 9.17) is 4.74 Å². The summed E-state index contributed by atoms with van der Waals surface area (Å²) in [5.74, 6) is -1.02. The van der Waals surface area contributed by atoms with Gasteiger partial charge in [0.25, 0.3) is 5.91 Å². The monoisotopic (exact) mass is 489 g/mol. The first-order chi connectivity index (χ1) is 16.8. The molecule has 1 unspecified atom stereocenters. The largest absolute Gasteiger partial charge is 0.496 e. The quantitative estimate of drug-likeness (QED) is 0.309. The molecule has 0 aliphatic rings. The van der Waals surface area contributed by atoms with Crippen LogP contribution in [0.1, 0.15) is 59.7 Å². The molecule has 0 saturated carbocycles. The molecule has 35 heavy (non-hydrogen) atoms. The SMILES string of the molecule is CCCCCC(C=O)NC(=O)[C@H](C)NC(=O)CNC(=O)c1ccccc1OC.Cc1ccccc1.[HH].[HH].[HH]. The molecule has 0 saturated heterocycles. The number of rotatable bonds is 12. The van der Waals surface area contributed by atoms with Gasteiger partial charge >= 0.3 is 0 Å². The topological polar surface area (TPSA) is 114 Å². The molecule has 0 heterocycles. The first-order valence-corrected chi connectivity index (χ1v) is 11.8. The van der Waals surface area contributed by atoms with Crippen molar-refractivity contribution < 1.29 is 28.2 Å². The van der Waals surface area contributed by atoms with E-state index in [0.717, 1.165) is 19.3 Å². The number of para-hydroxylation sites is 1. The Kier molecular flexibility index (Phi) is 14.1. The fraction of sp³-hybridized carbons (Fsp3) is 0.407. The molecule has 0 radical (unpaired) electrons. The van der Waals surface area contributed by atoms with E-state index >= 15 is 0 Å². The number of nitrogens with one attached hydrogen (secondary N) is 3. The first kappa shape index (κ1) is 29.4. The minimum absolute atomic E-state index is 0. The second-order valence-corrected chi connectivity index (χ2v) is 8.07. The summed E-state index contributed by atoms with van der Waals surface area (Å²) < 4.78 is 5.11. The number of aldehydes is 1. The summed E-state index contributed by atoms with van der Waals surface area (Å²) in [5, 5.41) is 7.60. The Bertz CT molecular complexity index is 949. The summed E-state index contributed by atoms with van der Waals surface area (Å²) >= 11 is 0. The van der Waals surface area contributed by atoms with Crippen molar-refractivity contribution in [3.8, 4) is 5.75 Å². The molecule has 0 aliphatic heterocycles. The van der Waals surface area contributed by atoms with Gasteiger partial charge in [-0.05, 0) is 32.4 Å². The molecule has 2 atom stereocenters. The van der Waals surface area contributed by atoms with Gasteiger partial charge < -0.3 is 25.5 Å². The first-order valence-electron chi connectivity index (χ1n) is 11.8. The van der Waals surface area contributed by atoms with E-state index in [1.54, 1.807) is 24.3 Å². The van der Waals surface area contributed by atoms with Crippen LogP contribution >= 0.6 is 0 Å². The van der Waals surface area contributed by atoms with Crippen molar-refractivity contribution in [1.29, 1.82) is 0 Å². The van der Waals surface area contributed by atoms with Gasteiger partial charge in [0, 0.05) is 4.28 Å². The third-order valence-corrected chi connectivity index (χ3v) is 5.08. The maximum atomic E-state index is 12.2. The van der Waals surface area contributed by atoms with Crippen LogP contribution < -0.4 is 20.7 Å². The standard InChI is InChI=1S/C20H29N3O5.C7H8.3H2/c1-4-5-6-9-15(13-24)23-19(26)14(2)22-18(25)12-21-20(27)16-10-7-8-11-17(16)28-3;1-7-5-3-2-4-6-7;;;/h7-8,10-11,13-15H,4-6,9,12H2,1-3H3,(H,21,27)(H,22,25)(H,23,26);2-6H,1H3;3*1H/t14-,15?;;;;/m0..../s1. The van der Waals surface area contributed by atoms with Gasteiger partial charge in [-0.25, -0.2) is 0 Å². The van der Waals surface area contributed by atoms with Gasteiger partial charge in [-0.2, -0.15) is 0 Å². The Labute approximate surface area is 212 Å². The Hall–Kier alpha value is -3.68. The molecule has 0 aliphatic carbocycles. The summed E-state index contributed by atoms with van der Waals surface area (Å²) in [6, 6.07) is 15.5. The molecule has 0 bridgehead atoms. The van der Waals surface area contributed by atoms with Gasteiger partial charge in [-0.3, -0.25) is 14.4 Å². The highest BCUT2D eigenvalue weighted by Crippen LogP contribution is 2.16. The Morgan fingerprint density at radius 3 is 2.23 bits per heavy atom. The lowest BCUT2D eigenvalue weighted by Gasteiger charge is -2.18. The van der Waals surface area contributed by atoms with Gasteiger partial charge in [0.1, 0.15) is 18.1 Å². The lowest BCUT2D eigenvalue weighted by atomic mass is 10.1. The normalized spacial score (nSPS) is 11.7. The highest BCUT2D eigenvalue weighted by atomic mass is 16.5. The van der Waals surface area contributed by atoms with Crippen LogP contribution in [-0.2, 0) is 14.4 Å². The fourth-order valence-corrected chi connectivity index (χ4v) is 3.08. The van der Waals surface area contributed by atoms with Gasteiger partial charge in [-0.15, -0.1) is 0 Å². The van der Waals surface area contributed by atoms with Gasteiger partial charge in [0.15, 0.2) is 0 Å². The second-order valence-electron chi connectivity index (χ2n) is 8.07. The van der Waals surface area contributed by atoms with Gasteiger partial charge in [0.05, 0.1) is 25.3 Å². The number of benzene rings is 2. The zero-order chi connectivity index (χ0) is 26.1. The molecule has 2 rings (SSSR count). The summed E-state index contributed by atoms with van der Waals surface area (Å²) in [7, 11) is 1.45. The van der Waals surface area contributed by atoms with Crippen molar-refractivity contribution >= 4 is 24.0 Å². The number of aryl methyl sites for hydroxylation is 1. The molecule has 2 aromatic rings. The summed E-state index contributed by atoms with van der Waals surface area (Å²) in [6.45, 7) is 5.37. The highest BCUT2D eigenvalue weighted by molar-refractivity contribution is 5.99. The molecule has 3 amide bonds. The smallest absolute Gasteiger partial charge is 0.255 e. The van der Waals surface area contributed by atoms with Crippen LogP contribution in [0.2, 0.25) is 0 Å². The number of methoxy groups -OCH3 is 1. The van der Waals surface area contributed by atoms with E-state index in [-0.39, 0.29) is 10.8 Å². The average Bonchev–Trinajstić information content (AvgIpc) is 2.87. The third kappa shape index (κ3) is 11.8. The number of ether oxygens (including phenoxy) is 1. The minimum Gasteiger partial charge on any atom is -0.496 e. The third-order valence-electron chi connectivity index (χ3n) is 5.08. The molecular formula is C27H43N3O5. The Morgan fingerprint density at radius 2 is 1.66 bits per heavy atom. The van der Waals surface area contributed by atoms with Crippen LogP contribution in [0.3, 0.4) is 0 Å². The maximum absolute atomic E-state index is 12.2. The lowest BCUT2D eigenvalue weighted by Crippen LogP contribution is -2.50. The zero-order valence-corrected chi connectivity index (χ0v) is 21.0. The molecular weight excluding hydrogens is 446 g/mol. The number of carbonyl (C=O) groups is 4. The van der Waals surface area contributed by atoms with Crippen LogP contribution in [-0.4, -0.2) is 49.7 Å². The predicted octanol–water partition coefficient (Wildman–Crippen LogP) is 3.93. The van der Waals surface area contributed by atoms with Crippen LogP contribution in [0.4, 0.5) is 0 Å². The molecule has 8 nitrogen and oxygen atoms in total.